The van der Waals surface area contributed by atoms with Gasteiger partial charge < -0.3 is 24.3 Å². The third-order valence-electron chi connectivity index (χ3n) is 4.06. The first-order chi connectivity index (χ1) is 12.7. The van der Waals surface area contributed by atoms with Gasteiger partial charge in [0.15, 0.2) is 0 Å². The minimum atomic E-state index is -2.40. The van der Waals surface area contributed by atoms with E-state index in [2.05, 4.69) is 12.2 Å². The van der Waals surface area contributed by atoms with Crippen LogP contribution in [0.2, 0.25) is 6.04 Å². The van der Waals surface area contributed by atoms with E-state index < -0.39 is 8.80 Å². The zero-order valence-corrected chi connectivity index (χ0v) is 19.4. The molecule has 0 heterocycles. The highest BCUT2D eigenvalue weighted by Gasteiger charge is 2.39. The average molecular weight is 393 g/mol. The first-order valence-electron chi connectivity index (χ1n) is 10.9. The SMILES string of the molecule is CCCCCCCCCCNC.CCO[Si](CCCN)(OCC)OCC. The van der Waals surface area contributed by atoms with Crippen molar-refractivity contribution in [3.8, 4) is 0 Å². The Balaban J connectivity index is 0. The maximum Gasteiger partial charge on any atom is 0.500 e. The molecule has 0 saturated carbocycles. The molecule has 0 rings (SSSR count). The molecule has 0 spiro atoms. The molecule has 6 heteroatoms. The second kappa shape index (κ2) is 23.1. The molecule has 0 bridgehead atoms. The number of nitrogens with two attached hydrogens (primary N) is 1. The largest absolute Gasteiger partial charge is 0.500 e. The van der Waals surface area contributed by atoms with Gasteiger partial charge in [-0.3, -0.25) is 0 Å². The second-order valence-electron chi connectivity index (χ2n) is 6.45. The molecular weight excluding hydrogens is 344 g/mol. The lowest BCUT2D eigenvalue weighted by atomic mass is 10.1. The van der Waals surface area contributed by atoms with Crippen LogP contribution in [0.1, 0.15) is 85.5 Å². The highest BCUT2D eigenvalue weighted by Crippen LogP contribution is 2.17. The molecule has 0 amide bonds. The van der Waals surface area contributed by atoms with Gasteiger partial charge in [0.2, 0.25) is 0 Å². The Hall–Kier alpha value is 0.0169. The quantitative estimate of drug-likeness (QED) is 0.261. The van der Waals surface area contributed by atoms with E-state index in [1.54, 1.807) is 0 Å². The van der Waals surface area contributed by atoms with E-state index in [4.69, 9.17) is 19.0 Å². The van der Waals surface area contributed by atoms with Crippen LogP contribution in [0, 0.1) is 0 Å². The molecule has 0 fully saturated rings. The molecular formula is C20H48N2O3Si. The molecule has 0 radical (unpaired) electrons. The van der Waals surface area contributed by atoms with Crippen LogP contribution < -0.4 is 11.1 Å². The summed E-state index contributed by atoms with van der Waals surface area (Å²) in [6, 6.07) is 0.818. The summed E-state index contributed by atoms with van der Waals surface area (Å²) in [5.74, 6) is 0. The summed E-state index contributed by atoms with van der Waals surface area (Å²) in [7, 11) is -0.367. The van der Waals surface area contributed by atoms with Gasteiger partial charge in [0.05, 0.1) is 0 Å². The van der Waals surface area contributed by atoms with Crippen molar-refractivity contribution < 1.29 is 13.3 Å². The summed E-state index contributed by atoms with van der Waals surface area (Å²) >= 11 is 0. The fourth-order valence-corrected chi connectivity index (χ4v) is 5.40. The van der Waals surface area contributed by atoms with Crippen molar-refractivity contribution in [2.24, 2.45) is 5.73 Å². The monoisotopic (exact) mass is 392 g/mol. The lowest BCUT2D eigenvalue weighted by Crippen LogP contribution is -2.46. The predicted molar refractivity (Wildman–Crippen MR) is 116 cm³/mol. The Morgan fingerprint density at radius 1 is 0.692 bits per heavy atom. The molecule has 0 aliphatic carbocycles. The lowest BCUT2D eigenvalue weighted by Gasteiger charge is -2.28. The highest BCUT2D eigenvalue weighted by atomic mass is 28.4. The Bertz CT molecular complexity index is 232. The van der Waals surface area contributed by atoms with Gasteiger partial charge in [0, 0.05) is 25.9 Å². The van der Waals surface area contributed by atoms with Crippen LogP contribution in [-0.4, -0.2) is 48.8 Å². The fraction of sp³-hybridized carbons (Fsp3) is 1.00. The standard InChI is InChI=1S/C11H25N.C9H23NO3Si/c1-3-4-5-6-7-8-9-10-11-12-2;1-4-11-14(12-5-2,13-6-3)9-7-8-10/h12H,3-11H2,1-2H3;4-10H2,1-3H3. The van der Waals surface area contributed by atoms with Crippen molar-refractivity contribution in [3.05, 3.63) is 0 Å². The van der Waals surface area contributed by atoms with Crippen molar-refractivity contribution in [2.75, 3.05) is 40.0 Å². The van der Waals surface area contributed by atoms with Crippen molar-refractivity contribution in [2.45, 2.75) is 91.5 Å². The van der Waals surface area contributed by atoms with Gasteiger partial charge in [-0.05, 0) is 53.8 Å². The van der Waals surface area contributed by atoms with Crippen molar-refractivity contribution in [3.63, 3.8) is 0 Å². The molecule has 0 aliphatic heterocycles. The Morgan fingerprint density at radius 2 is 1.15 bits per heavy atom. The lowest BCUT2D eigenvalue weighted by molar-refractivity contribution is 0.0710. The van der Waals surface area contributed by atoms with E-state index in [9.17, 15) is 0 Å². The summed E-state index contributed by atoms with van der Waals surface area (Å²) in [5.41, 5.74) is 5.48. The first-order valence-corrected chi connectivity index (χ1v) is 12.9. The van der Waals surface area contributed by atoms with Crippen molar-refractivity contribution in [1.29, 1.82) is 0 Å². The Morgan fingerprint density at radius 3 is 1.54 bits per heavy atom. The molecule has 0 unspecified atom stereocenters. The van der Waals surface area contributed by atoms with Gasteiger partial charge in [0.25, 0.3) is 0 Å². The Labute approximate surface area is 165 Å². The van der Waals surface area contributed by atoms with Crippen molar-refractivity contribution in [1.82, 2.24) is 5.32 Å². The van der Waals surface area contributed by atoms with Crippen LogP contribution in [0.15, 0.2) is 0 Å². The maximum atomic E-state index is 5.65. The molecule has 0 aromatic heterocycles. The van der Waals surface area contributed by atoms with E-state index in [0.29, 0.717) is 26.4 Å². The van der Waals surface area contributed by atoms with Gasteiger partial charge in [0.1, 0.15) is 0 Å². The zero-order valence-electron chi connectivity index (χ0n) is 18.4. The summed E-state index contributed by atoms with van der Waals surface area (Å²) in [6.07, 6.45) is 12.2. The van der Waals surface area contributed by atoms with Crippen LogP contribution in [0.5, 0.6) is 0 Å². The topological polar surface area (TPSA) is 65.7 Å². The maximum absolute atomic E-state index is 5.65. The second-order valence-corrected chi connectivity index (χ2v) is 9.18. The van der Waals surface area contributed by atoms with E-state index in [-0.39, 0.29) is 0 Å². The number of hydrogen-bond acceptors (Lipinski definition) is 5. The van der Waals surface area contributed by atoms with Crippen LogP contribution in [0.4, 0.5) is 0 Å². The van der Waals surface area contributed by atoms with Gasteiger partial charge in [-0.25, -0.2) is 0 Å². The highest BCUT2D eigenvalue weighted by molar-refractivity contribution is 6.60. The van der Waals surface area contributed by atoms with Crippen LogP contribution >= 0.6 is 0 Å². The van der Waals surface area contributed by atoms with E-state index in [1.165, 1.54) is 57.9 Å². The molecule has 0 saturated heterocycles. The molecule has 26 heavy (non-hydrogen) atoms. The summed E-state index contributed by atoms with van der Waals surface area (Å²) in [6.45, 7) is 11.9. The third kappa shape index (κ3) is 18.8. The van der Waals surface area contributed by atoms with Crippen LogP contribution in [0.3, 0.4) is 0 Å². The van der Waals surface area contributed by atoms with Gasteiger partial charge in [-0.2, -0.15) is 0 Å². The predicted octanol–water partition coefficient (Wildman–Crippen LogP) is 4.73. The third-order valence-corrected chi connectivity index (χ3v) is 7.21. The number of nitrogens with one attached hydrogen (secondary N) is 1. The van der Waals surface area contributed by atoms with Crippen LogP contribution in [-0.2, 0) is 13.3 Å². The van der Waals surface area contributed by atoms with E-state index >= 15 is 0 Å². The van der Waals surface area contributed by atoms with E-state index in [1.807, 2.05) is 27.8 Å². The summed E-state index contributed by atoms with van der Waals surface area (Å²) < 4.78 is 17.0. The summed E-state index contributed by atoms with van der Waals surface area (Å²) in [4.78, 5) is 0. The van der Waals surface area contributed by atoms with Crippen molar-refractivity contribution >= 4 is 8.80 Å². The molecule has 3 N–H and O–H groups in total. The van der Waals surface area contributed by atoms with Gasteiger partial charge in [-0.1, -0.05) is 51.9 Å². The molecule has 0 aromatic carbocycles. The minimum Gasteiger partial charge on any atom is -0.374 e. The van der Waals surface area contributed by atoms with Gasteiger partial charge >= 0.3 is 8.80 Å². The Kier molecular flexibility index (Phi) is 25.0. The van der Waals surface area contributed by atoms with Crippen LogP contribution in [0.25, 0.3) is 0 Å². The number of rotatable bonds is 18. The smallest absolute Gasteiger partial charge is 0.374 e. The molecule has 5 nitrogen and oxygen atoms in total. The van der Waals surface area contributed by atoms with E-state index in [0.717, 1.165) is 12.5 Å². The first kappa shape index (κ1) is 28.2. The molecule has 0 atom stereocenters. The molecule has 0 aromatic rings. The minimum absolute atomic E-state index is 0.636. The number of hydrogen-bond donors (Lipinski definition) is 2. The number of unbranched alkanes of at least 4 members (excludes halogenated alkanes) is 7. The molecule has 160 valence electrons. The average Bonchev–Trinajstić information content (AvgIpc) is 2.63. The molecule has 0 aliphatic rings. The zero-order chi connectivity index (χ0) is 19.9. The summed E-state index contributed by atoms with van der Waals surface area (Å²) in [5, 5.41) is 3.18. The fourth-order valence-electron chi connectivity index (χ4n) is 2.76. The van der Waals surface area contributed by atoms with Gasteiger partial charge in [-0.15, -0.1) is 0 Å². The normalized spacial score (nSPS) is 11.3.